The van der Waals surface area contributed by atoms with E-state index in [4.69, 9.17) is 4.74 Å². The molecule has 0 spiro atoms. The fourth-order valence-electron chi connectivity index (χ4n) is 1.90. The van der Waals surface area contributed by atoms with Gasteiger partial charge >= 0.3 is 0 Å². The highest BCUT2D eigenvalue weighted by Gasteiger charge is 2.19. The van der Waals surface area contributed by atoms with Crippen LogP contribution >= 0.6 is 11.3 Å². The highest BCUT2D eigenvalue weighted by Crippen LogP contribution is 2.32. The van der Waals surface area contributed by atoms with Gasteiger partial charge in [0.05, 0.1) is 13.2 Å². The van der Waals surface area contributed by atoms with E-state index in [-0.39, 0.29) is 6.04 Å². The van der Waals surface area contributed by atoms with Gasteiger partial charge < -0.3 is 10.1 Å². The molecule has 2 aromatic rings. The lowest BCUT2D eigenvalue weighted by atomic mass is 10.0. The second kappa shape index (κ2) is 6.12. The Kier molecular flexibility index (Phi) is 4.50. The van der Waals surface area contributed by atoms with E-state index in [2.05, 4.69) is 5.32 Å². The largest absolute Gasteiger partial charge is 0.496 e. The smallest absolute Gasteiger partial charge is 0.129 e. The molecular formula is C14H15F2NOS. The molecule has 0 saturated carbocycles. The van der Waals surface area contributed by atoms with E-state index in [1.54, 1.807) is 7.11 Å². The lowest BCUT2D eigenvalue weighted by molar-refractivity contribution is 0.416. The Morgan fingerprint density at radius 1 is 1.32 bits per heavy atom. The predicted octanol–water partition coefficient (Wildman–Crippen LogP) is 3.73. The van der Waals surface area contributed by atoms with Crippen molar-refractivity contribution in [3.05, 3.63) is 51.7 Å². The third-order valence-electron chi connectivity index (χ3n) is 2.79. The third-order valence-corrected chi connectivity index (χ3v) is 3.77. The van der Waals surface area contributed by atoms with E-state index in [1.165, 1.54) is 17.4 Å². The van der Waals surface area contributed by atoms with Crippen molar-refractivity contribution in [3.63, 3.8) is 0 Å². The molecule has 0 bridgehead atoms. The number of halogens is 2. The maximum atomic E-state index is 13.9. The average molecular weight is 283 g/mol. The Bertz CT molecular complexity index is 556. The van der Waals surface area contributed by atoms with Crippen LogP contribution in [-0.2, 0) is 0 Å². The summed E-state index contributed by atoms with van der Waals surface area (Å²) in [5.41, 5.74) is 0.311. The number of methoxy groups -OCH3 is 1. The van der Waals surface area contributed by atoms with Crippen LogP contribution in [0.25, 0.3) is 0 Å². The van der Waals surface area contributed by atoms with Crippen LogP contribution in [0.5, 0.6) is 5.75 Å². The summed E-state index contributed by atoms with van der Waals surface area (Å²) in [5, 5.41) is 5.01. The number of benzene rings is 1. The van der Waals surface area contributed by atoms with Crippen molar-refractivity contribution >= 4 is 11.3 Å². The molecule has 0 aliphatic carbocycles. The first kappa shape index (κ1) is 14.0. The Labute approximate surface area is 115 Å². The zero-order valence-corrected chi connectivity index (χ0v) is 11.6. The number of hydrogen-bond donors (Lipinski definition) is 1. The quantitative estimate of drug-likeness (QED) is 0.902. The molecule has 1 atom stereocenters. The van der Waals surface area contributed by atoms with Crippen molar-refractivity contribution in [1.29, 1.82) is 0 Å². The minimum absolute atomic E-state index is 0.311. The summed E-state index contributed by atoms with van der Waals surface area (Å²) in [4.78, 5) is 0.892. The van der Waals surface area contributed by atoms with Crippen molar-refractivity contribution in [2.45, 2.75) is 13.0 Å². The highest BCUT2D eigenvalue weighted by molar-refractivity contribution is 7.10. The van der Waals surface area contributed by atoms with Crippen LogP contribution in [0.15, 0.2) is 29.6 Å². The van der Waals surface area contributed by atoms with E-state index in [9.17, 15) is 8.78 Å². The van der Waals surface area contributed by atoms with Crippen molar-refractivity contribution in [3.8, 4) is 5.75 Å². The molecule has 0 fully saturated rings. The van der Waals surface area contributed by atoms with Crippen molar-refractivity contribution < 1.29 is 13.5 Å². The molecule has 1 aromatic carbocycles. The lowest BCUT2D eigenvalue weighted by Gasteiger charge is -2.17. The molecule has 5 heteroatoms. The summed E-state index contributed by atoms with van der Waals surface area (Å²) >= 11 is 1.45. The summed E-state index contributed by atoms with van der Waals surface area (Å²) in [5.74, 6) is -0.137. The molecule has 1 N–H and O–H groups in total. The second-order valence-corrected chi connectivity index (χ2v) is 4.99. The Balaban J connectivity index is 2.41. The fourth-order valence-corrected chi connectivity index (χ4v) is 2.84. The van der Waals surface area contributed by atoms with Crippen LogP contribution < -0.4 is 10.1 Å². The summed E-state index contributed by atoms with van der Waals surface area (Å²) in [7, 11) is 1.58. The summed E-state index contributed by atoms with van der Waals surface area (Å²) in [6.45, 7) is 2.58. The first-order chi connectivity index (χ1) is 9.15. The minimum Gasteiger partial charge on any atom is -0.496 e. The van der Waals surface area contributed by atoms with E-state index < -0.39 is 11.6 Å². The van der Waals surface area contributed by atoms with Crippen molar-refractivity contribution in [2.24, 2.45) is 0 Å². The predicted molar refractivity (Wildman–Crippen MR) is 72.7 cm³/mol. The van der Waals surface area contributed by atoms with Gasteiger partial charge in [-0.2, -0.15) is 0 Å². The molecule has 1 heterocycles. The topological polar surface area (TPSA) is 21.3 Å². The lowest BCUT2D eigenvalue weighted by Crippen LogP contribution is -2.22. The van der Waals surface area contributed by atoms with E-state index in [0.29, 0.717) is 12.1 Å². The van der Waals surface area contributed by atoms with Crippen LogP contribution in [-0.4, -0.2) is 13.7 Å². The first-order valence-corrected chi connectivity index (χ1v) is 6.84. The number of rotatable bonds is 5. The van der Waals surface area contributed by atoms with Gasteiger partial charge in [0, 0.05) is 15.8 Å². The van der Waals surface area contributed by atoms with E-state index in [1.807, 2.05) is 18.4 Å². The molecule has 0 radical (unpaired) electrons. The Morgan fingerprint density at radius 3 is 2.74 bits per heavy atom. The van der Waals surface area contributed by atoms with Crippen LogP contribution in [0, 0.1) is 11.6 Å². The second-order valence-electron chi connectivity index (χ2n) is 4.05. The van der Waals surface area contributed by atoms with Gasteiger partial charge in [0.1, 0.15) is 17.4 Å². The maximum Gasteiger partial charge on any atom is 0.129 e. The number of thiophene rings is 1. The van der Waals surface area contributed by atoms with Gasteiger partial charge in [0.15, 0.2) is 0 Å². The van der Waals surface area contributed by atoms with Crippen molar-refractivity contribution in [1.82, 2.24) is 5.32 Å². The van der Waals surface area contributed by atoms with Gasteiger partial charge in [-0.15, -0.1) is 11.3 Å². The highest BCUT2D eigenvalue weighted by atomic mass is 32.1. The SMILES string of the molecule is CCNC(c1cc(OC)cs1)c1cc(F)ccc1F. The number of nitrogens with one attached hydrogen (secondary N) is 1. The summed E-state index contributed by atoms with van der Waals surface area (Å²) in [6, 6.07) is 4.98. The molecule has 0 aliphatic rings. The molecule has 0 amide bonds. The van der Waals surface area contributed by atoms with Crippen LogP contribution in [0.4, 0.5) is 8.78 Å². The molecule has 1 unspecified atom stereocenters. The third kappa shape index (κ3) is 3.11. The van der Waals surface area contributed by atoms with Gasteiger partial charge in [-0.1, -0.05) is 6.92 Å². The monoisotopic (exact) mass is 283 g/mol. The number of ether oxygens (including phenoxy) is 1. The number of hydrogen-bond acceptors (Lipinski definition) is 3. The van der Waals surface area contributed by atoms with Gasteiger partial charge in [-0.25, -0.2) is 8.78 Å². The van der Waals surface area contributed by atoms with Gasteiger partial charge in [0.25, 0.3) is 0 Å². The summed E-state index contributed by atoms with van der Waals surface area (Å²) < 4.78 is 32.3. The van der Waals surface area contributed by atoms with Crippen molar-refractivity contribution in [2.75, 3.05) is 13.7 Å². The molecule has 2 rings (SSSR count). The normalized spacial score (nSPS) is 12.4. The van der Waals surface area contributed by atoms with Crippen LogP contribution in [0.3, 0.4) is 0 Å². The van der Waals surface area contributed by atoms with E-state index >= 15 is 0 Å². The average Bonchev–Trinajstić information content (AvgIpc) is 2.88. The molecule has 0 saturated heterocycles. The first-order valence-electron chi connectivity index (χ1n) is 5.96. The molecule has 1 aromatic heterocycles. The Hall–Kier alpha value is -1.46. The molecule has 2 nitrogen and oxygen atoms in total. The molecule has 102 valence electrons. The van der Waals surface area contributed by atoms with Gasteiger partial charge in [-0.05, 0) is 30.8 Å². The summed E-state index contributed by atoms with van der Waals surface area (Å²) in [6.07, 6.45) is 0. The zero-order valence-electron chi connectivity index (χ0n) is 10.7. The van der Waals surface area contributed by atoms with E-state index in [0.717, 1.165) is 22.8 Å². The standard InChI is InChI=1S/C14H15F2NOS/c1-3-17-14(13-7-10(18-2)8-19-13)11-6-9(15)4-5-12(11)16/h4-8,14,17H,3H2,1-2H3. The fraction of sp³-hybridized carbons (Fsp3) is 0.286. The Morgan fingerprint density at radius 2 is 2.11 bits per heavy atom. The molecular weight excluding hydrogens is 268 g/mol. The van der Waals surface area contributed by atoms with Gasteiger partial charge in [0.2, 0.25) is 0 Å². The minimum atomic E-state index is -0.442. The molecule has 0 aliphatic heterocycles. The molecule has 19 heavy (non-hydrogen) atoms. The van der Waals surface area contributed by atoms with Crippen LogP contribution in [0.2, 0.25) is 0 Å². The zero-order chi connectivity index (χ0) is 13.8. The maximum absolute atomic E-state index is 13.9. The van der Waals surface area contributed by atoms with Crippen LogP contribution in [0.1, 0.15) is 23.4 Å². The van der Waals surface area contributed by atoms with Gasteiger partial charge in [-0.3, -0.25) is 0 Å².